The Morgan fingerprint density at radius 2 is 2.16 bits per heavy atom. The minimum atomic E-state index is -0.130. The maximum atomic E-state index is 12.5. The minimum Gasteiger partial charge on any atom is -0.352 e. The highest BCUT2D eigenvalue weighted by Gasteiger charge is 2.35. The average molecular weight is 341 g/mol. The van der Waals surface area contributed by atoms with Crippen LogP contribution in [0, 0.1) is 12.8 Å². The molecule has 7 nitrogen and oxygen atoms in total. The topological polar surface area (TPSA) is 80.1 Å². The van der Waals surface area contributed by atoms with Crippen molar-refractivity contribution in [3.05, 3.63) is 47.5 Å². The van der Waals surface area contributed by atoms with Gasteiger partial charge in [-0.1, -0.05) is 0 Å². The van der Waals surface area contributed by atoms with E-state index in [0.717, 1.165) is 17.5 Å². The first kappa shape index (κ1) is 17.1. The largest absolute Gasteiger partial charge is 0.352 e. The number of pyridine rings is 1. The number of likely N-dealkylation sites (tertiary alicyclic amines) is 1. The van der Waals surface area contributed by atoms with Gasteiger partial charge in [0, 0.05) is 57.1 Å². The lowest BCUT2D eigenvalue weighted by Gasteiger charge is -2.38. The van der Waals surface area contributed by atoms with Crippen molar-refractivity contribution in [2.24, 2.45) is 13.0 Å². The van der Waals surface area contributed by atoms with E-state index in [0.29, 0.717) is 18.5 Å². The Balaban J connectivity index is 1.74. The Hall–Kier alpha value is -2.70. The third kappa shape index (κ3) is 3.55. The highest BCUT2D eigenvalue weighted by molar-refractivity contribution is 5.95. The molecular formula is C18H23N5O2. The van der Waals surface area contributed by atoms with E-state index in [1.165, 1.54) is 0 Å². The molecule has 1 N–H and O–H groups in total. The molecular weight excluding hydrogens is 318 g/mol. The van der Waals surface area contributed by atoms with Gasteiger partial charge >= 0.3 is 0 Å². The van der Waals surface area contributed by atoms with Gasteiger partial charge < -0.3 is 10.2 Å². The van der Waals surface area contributed by atoms with Crippen molar-refractivity contribution in [2.45, 2.75) is 25.8 Å². The van der Waals surface area contributed by atoms with Gasteiger partial charge in [-0.05, 0) is 25.0 Å². The molecule has 0 unspecified atom stereocenters. The van der Waals surface area contributed by atoms with Crippen molar-refractivity contribution >= 4 is 11.8 Å². The van der Waals surface area contributed by atoms with Crippen LogP contribution in [0.2, 0.25) is 0 Å². The lowest BCUT2D eigenvalue weighted by atomic mass is 9.85. The molecule has 132 valence electrons. The van der Waals surface area contributed by atoms with Gasteiger partial charge in [-0.3, -0.25) is 19.3 Å². The Morgan fingerprint density at radius 1 is 1.36 bits per heavy atom. The summed E-state index contributed by atoms with van der Waals surface area (Å²) in [7, 11) is 3.68. The first-order chi connectivity index (χ1) is 12.0. The van der Waals surface area contributed by atoms with Crippen LogP contribution >= 0.6 is 0 Å². The second kappa shape index (κ2) is 7.04. The molecule has 0 saturated carbocycles. The summed E-state index contributed by atoms with van der Waals surface area (Å²) >= 11 is 0. The van der Waals surface area contributed by atoms with E-state index in [2.05, 4.69) is 15.4 Å². The third-order valence-corrected chi connectivity index (χ3v) is 4.86. The molecule has 2 amide bonds. The van der Waals surface area contributed by atoms with Gasteiger partial charge in [0.2, 0.25) is 5.91 Å². The Kier molecular flexibility index (Phi) is 4.83. The first-order valence-electron chi connectivity index (χ1n) is 8.40. The van der Waals surface area contributed by atoms with E-state index >= 15 is 0 Å². The van der Waals surface area contributed by atoms with Crippen LogP contribution in [0.4, 0.5) is 0 Å². The first-order valence-corrected chi connectivity index (χ1v) is 8.40. The summed E-state index contributed by atoms with van der Waals surface area (Å²) in [5.41, 5.74) is 2.47. The molecule has 2 aromatic rings. The molecule has 3 rings (SSSR count). The summed E-state index contributed by atoms with van der Waals surface area (Å²) in [5, 5.41) is 7.23. The van der Waals surface area contributed by atoms with Gasteiger partial charge in [-0.25, -0.2) is 0 Å². The standard InChI is InChI=1S/C18H23N5O2/c1-12-6-7-19-10-15(12)18(25)20-8-13-4-5-16(24)23(3)17(13)14-9-21-22(2)11-14/h6-7,9-11,13,17H,4-5,8H2,1-3H3,(H,20,25)/t13-,17+/m1/s1. The zero-order chi connectivity index (χ0) is 18.0. The van der Waals surface area contributed by atoms with Crippen LogP contribution in [0.3, 0.4) is 0 Å². The lowest BCUT2D eigenvalue weighted by Crippen LogP contribution is -2.44. The number of hydrogen-bond acceptors (Lipinski definition) is 4. The summed E-state index contributed by atoms with van der Waals surface area (Å²) in [6.45, 7) is 2.40. The molecule has 1 aliphatic rings. The van der Waals surface area contributed by atoms with Gasteiger partial charge in [0.25, 0.3) is 5.91 Å². The molecule has 25 heavy (non-hydrogen) atoms. The fourth-order valence-electron chi connectivity index (χ4n) is 3.44. The second-order valence-electron chi connectivity index (χ2n) is 6.60. The highest BCUT2D eigenvalue weighted by Crippen LogP contribution is 2.35. The highest BCUT2D eigenvalue weighted by atomic mass is 16.2. The normalized spacial score (nSPS) is 20.6. The fourth-order valence-corrected chi connectivity index (χ4v) is 3.44. The van der Waals surface area contributed by atoms with Gasteiger partial charge in [-0.2, -0.15) is 5.10 Å². The number of nitrogens with zero attached hydrogens (tertiary/aromatic N) is 4. The third-order valence-electron chi connectivity index (χ3n) is 4.86. The monoisotopic (exact) mass is 341 g/mol. The summed E-state index contributed by atoms with van der Waals surface area (Å²) in [6.07, 6.45) is 8.22. The van der Waals surface area contributed by atoms with Crippen molar-refractivity contribution < 1.29 is 9.59 Å². The van der Waals surface area contributed by atoms with Crippen LogP contribution in [-0.4, -0.2) is 45.1 Å². The summed E-state index contributed by atoms with van der Waals surface area (Å²) in [6, 6.07) is 1.74. The SMILES string of the molecule is Cc1ccncc1C(=O)NC[C@H]1CCC(=O)N(C)[C@@H]1c1cnn(C)c1. The van der Waals surface area contributed by atoms with Crippen LogP contribution in [0.5, 0.6) is 0 Å². The molecule has 0 radical (unpaired) electrons. The van der Waals surface area contributed by atoms with E-state index < -0.39 is 0 Å². The summed E-state index contributed by atoms with van der Waals surface area (Å²) in [4.78, 5) is 30.4. The van der Waals surface area contributed by atoms with Crippen LogP contribution in [0.25, 0.3) is 0 Å². The predicted octanol–water partition coefficient (Wildman–Crippen LogP) is 1.46. The maximum Gasteiger partial charge on any atom is 0.253 e. The number of carbonyl (C=O) groups is 2. The molecule has 0 bridgehead atoms. The molecule has 2 atom stereocenters. The van der Waals surface area contributed by atoms with Crippen molar-refractivity contribution in [2.75, 3.05) is 13.6 Å². The Labute approximate surface area is 147 Å². The van der Waals surface area contributed by atoms with Crippen LogP contribution in [0.15, 0.2) is 30.9 Å². The quantitative estimate of drug-likeness (QED) is 0.913. The molecule has 0 spiro atoms. The second-order valence-corrected chi connectivity index (χ2v) is 6.60. The number of aromatic nitrogens is 3. The average Bonchev–Trinajstić information content (AvgIpc) is 3.02. The number of carbonyl (C=O) groups excluding carboxylic acids is 2. The number of nitrogens with one attached hydrogen (secondary N) is 1. The number of amides is 2. The van der Waals surface area contributed by atoms with Crippen LogP contribution < -0.4 is 5.32 Å². The fraction of sp³-hybridized carbons (Fsp3) is 0.444. The number of hydrogen-bond donors (Lipinski definition) is 1. The number of rotatable bonds is 4. The van der Waals surface area contributed by atoms with Crippen LogP contribution in [-0.2, 0) is 11.8 Å². The summed E-state index contributed by atoms with van der Waals surface area (Å²) < 4.78 is 1.73. The predicted molar refractivity (Wildman–Crippen MR) is 92.8 cm³/mol. The molecule has 1 saturated heterocycles. The molecule has 0 aromatic carbocycles. The van der Waals surface area contributed by atoms with E-state index in [-0.39, 0.29) is 23.8 Å². The van der Waals surface area contributed by atoms with E-state index in [9.17, 15) is 9.59 Å². The maximum absolute atomic E-state index is 12.5. The van der Waals surface area contributed by atoms with Crippen molar-refractivity contribution in [3.8, 4) is 0 Å². The molecule has 1 aliphatic heterocycles. The van der Waals surface area contributed by atoms with Crippen LogP contribution in [0.1, 0.15) is 40.4 Å². The van der Waals surface area contributed by atoms with Gasteiger partial charge in [0.15, 0.2) is 0 Å². The van der Waals surface area contributed by atoms with Crippen molar-refractivity contribution in [3.63, 3.8) is 0 Å². The minimum absolute atomic E-state index is 0.0785. The van der Waals surface area contributed by atoms with E-state index in [4.69, 9.17) is 0 Å². The number of aryl methyl sites for hydroxylation is 2. The molecule has 0 aliphatic carbocycles. The van der Waals surface area contributed by atoms with Gasteiger partial charge in [0.05, 0.1) is 17.8 Å². The van der Waals surface area contributed by atoms with Crippen molar-refractivity contribution in [1.82, 2.24) is 25.0 Å². The smallest absolute Gasteiger partial charge is 0.253 e. The zero-order valence-corrected chi connectivity index (χ0v) is 14.8. The Bertz CT molecular complexity index is 785. The molecule has 7 heteroatoms. The number of piperidine rings is 1. The van der Waals surface area contributed by atoms with Gasteiger partial charge in [0.1, 0.15) is 0 Å². The zero-order valence-electron chi connectivity index (χ0n) is 14.8. The van der Waals surface area contributed by atoms with Gasteiger partial charge in [-0.15, -0.1) is 0 Å². The van der Waals surface area contributed by atoms with E-state index in [1.54, 1.807) is 28.2 Å². The Morgan fingerprint density at radius 3 is 2.84 bits per heavy atom. The van der Waals surface area contributed by atoms with Crippen molar-refractivity contribution in [1.29, 1.82) is 0 Å². The van der Waals surface area contributed by atoms with E-state index in [1.807, 2.05) is 33.3 Å². The molecule has 1 fully saturated rings. The lowest BCUT2D eigenvalue weighted by molar-refractivity contribution is -0.136. The molecule has 2 aromatic heterocycles. The molecule has 3 heterocycles. The summed E-state index contributed by atoms with van der Waals surface area (Å²) in [5.74, 6) is 0.141.